The third-order valence-corrected chi connectivity index (χ3v) is 4.20. The zero-order chi connectivity index (χ0) is 11.9. The summed E-state index contributed by atoms with van der Waals surface area (Å²) in [5, 5.41) is 7.12. The molecule has 2 N–H and O–H groups in total. The molecule has 2 rings (SSSR count). The van der Waals surface area contributed by atoms with E-state index in [1.165, 1.54) is 17.9 Å². The Morgan fingerprint density at radius 1 is 1.65 bits per heavy atom. The van der Waals surface area contributed by atoms with Gasteiger partial charge in [-0.15, -0.1) is 0 Å². The molecule has 1 aliphatic heterocycles. The summed E-state index contributed by atoms with van der Waals surface area (Å²) in [5.41, 5.74) is 0. The van der Waals surface area contributed by atoms with Crippen LogP contribution in [0, 0.1) is 0 Å². The van der Waals surface area contributed by atoms with Crippen molar-refractivity contribution in [3.05, 3.63) is 24.2 Å². The third-order valence-electron chi connectivity index (χ3n) is 3.07. The Bertz CT molecular complexity index is 296. The number of thioether (sulfide) groups is 1. The molecule has 0 aliphatic carbocycles. The van der Waals surface area contributed by atoms with Crippen LogP contribution in [0.15, 0.2) is 22.8 Å². The minimum Gasteiger partial charge on any atom is -0.469 e. The van der Waals surface area contributed by atoms with Crippen molar-refractivity contribution in [2.24, 2.45) is 0 Å². The second-order valence-corrected chi connectivity index (χ2v) is 5.80. The summed E-state index contributed by atoms with van der Waals surface area (Å²) in [6.07, 6.45) is 3.93. The van der Waals surface area contributed by atoms with Crippen molar-refractivity contribution >= 4 is 11.8 Å². The number of hydrogen-bond donors (Lipinski definition) is 2. The SMILES string of the molecule is CC(Cc1ccco1)NCCC1CSCCN1. The van der Waals surface area contributed by atoms with Gasteiger partial charge in [-0.05, 0) is 32.0 Å². The maximum absolute atomic E-state index is 5.34. The molecule has 2 heterocycles. The number of hydrogen-bond acceptors (Lipinski definition) is 4. The van der Waals surface area contributed by atoms with Crippen LogP contribution in [0.25, 0.3) is 0 Å². The van der Waals surface area contributed by atoms with Crippen molar-refractivity contribution in [3.8, 4) is 0 Å². The Morgan fingerprint density at radius 2 is 2.59 bits per heavy atom. The van der Waals surface area contributed by atoms with Gasteiger partial charge in [0.1, 0.15) is 5.76 Å². The van der Waals surface area contributed by atoms with Crippen LogP contribution in [-0.4, -0.2) is 36.7 Å². The minimum atomic E-state index is 0.484. The van der Waals surface area contributed by atoms with Crippen molar-refractivity contribution < 1.29 is 4.42 Å². The fourth-order valence-electron chi connectivity index (χ4n) is 2.11. The summed E-state index contributed by atoms with van der Waals surface area (Å²) >= 11 is 2.06. The Labute approximate surface area is 108 Å². The van der Waals surface area contributed by atoms with Gasteiger partial charge < -0.3 is 15.1 Å². The first kappa shape index (κ1) is 13.0. The Morgan fingerprint density at radius 3 is 3.29 bits per heavy atom. The highest BCUT2D eigenvalue weighted by Crippen LogP contribution is 2.10. The lowest BCUT2D eigenvalue weighted by Gasteiger charge is -2.23. The van der Waals surface area contributed by atoms with E-state index in [4.69, 9.17) is 4.42 Å². The van der Waals surface area contributed by atoms with E-state index in [1.807, 2.05) is 12.1 Å². The molecule has 0 saturated carbocycles. The first-order chi connectivity index (χ1) is 8.34. The fourth-order valence-corrected chi connectivity index (χ4v) is 3.11. The van der Waals surface area contributed by atoms with Crippen LogP contribution in [0.1, 0.15) is 19.1 Å². The van der Waals surface area contributed by atoms with E-state index in [-0.39, 0.29) is 0 Å². The maximum Gasteiger partial charge on any atom is 0.105 e. The summed E-state index contributed by atoms with van der Waals surface area (Å²) in [7, 11) is 0. The lowest BCUT2D eigenvalue weighted by Crippen LogP contribution is -2.40. The predicted octanol–water partition coefficient (Wildman–Crippen LogP) is 1.90. The lowest BCUT2D eigenvalue weighted by atomic mass is 10.1. The first-order valence-electron chi connectivity index (χ1n) is 6.41. The zero-order valence-electron chi connectivity index (χ0n) is 10.4. The molecule has 0 bridgehead atoms. The predicted molar refractivity (Wildman–Crippen MR) is 73.6 cm³/mol. The van der Waals surface area contributed by atoms with E-state index in [0.29, 0.717) is 12.1 Å². The smallest absolute Gasteiger partial charge is 0.105 e. The monoisotopic (exact) mass is 254 g/mol. The summed E-state index contributed by atoms with van der Waals surface area (Å²) in [5.74, 6) is 3.59. The van der Waals surface area contributed by atoms with Gasteiger partial charge >= 0.3 is 0 Å². The van der Waals surface area contributed by atoms with Gasteiger partial charge in [-0.1, -0.05) is 0 Å². The molecule has 17 heavy (non-hydrogen) atoms. The molecule has 0 spiro atoms. The van der Waals surface area contributed by atoms with Crippen LogP contribution in [0.5, 0.6) is 0 Å². The first-order valence-corrected chi connectivity index (χ1v) is 7.57. The van der Waals surface area contributed by atoms with E-state index in [2.05, 4.69) is 29.3 Å². The van der Waals surface area contributed by atoms with Gasteiger partial charge in [0.15, 0.2) is 0 Å². The normalized spacial score (nSPS) is 22.5. The van der Waals surface area contributed by atoms with Crippen LogP contribution in [-0.2, 0) is 6.42 Å². The van der Waals surface area contributed by atoms with Crippen molar-refractivity contribution in [1.29, 1.82) is 0 Å². The summed E-state index contributed by atoms with van der Waals surface area (Å²) in [6.45, 7) is 4.46. The maximum atomic E-state index is 5.34. The summed E-state index contributed by atoms with van der Waals surface area (Å²) < 4.78 is 5.34. The van der Waals surface area contributed by atoms with Gasteiger partial charge in [-0.2, -0.15) is 11.8 Å². The van der Waals surface area contributed by atoms with Crippen LogP contribution in [0.4, 0.5) is 0 Å². The number of nitrogens with one attached hydrogen (secondary N) is 2. The largest absolute Gasteiger partial charge is 0.469 e. The van der Waals surface area contributed by atoms with E-state index < -0.39 is 0 Å². The summed E-state index contributed by atoms with van der Waals surface area (Å²) in [4.78, 5) is 0. The van der Waals surface area contributed by atoms with Crippen molar-refractivity contribution in [2.45, 2.75) is 31.8 Å². The molecule has 2 atom stereocenters. The number of furan rings is 1. The van der Waals surface area contributed by atoms with Crippen LogP contribution < -0.4 is 10.6 Å². The average molecular weight is 254 g/mol. The second-order valence-electron chi connectivity index (χ2n) is 4.65. The molecule has 1 saturated heterocycles. The quantitative estimate of drug-likeness (QED) is 0.813. The van der Waals surface area contributed by atoms with E-state index in [0.717, 1.165) is 25.3 Å². The van der Waals surface area contributed by atoms with E-state index in [9.17, 15) is 0 Å². The van der Waals surface area contributed by atoms with Gasteiger partial charge in [0.05, 0.1) is 6.26 Å². The highest BCUT2D eigenvalue weighted by Gasteiger charge is 2.12. The molecule has 2 unspecified atom stereocenters. The van der Waals surface area contributed by atoms with Gasteiger partial charge in [0.2, 0.25) is 0 Å². The Hall–Kier alpha value is -0.450. The Kier molecular flexibility index (Phi) is 5.42. The van der Waals surface area contributed by atoms with Crippen LogP contribution in [0.2, 0.25) is 0 Å². The van der Waals surface area contributed by atoms with Gasteiger partial charge in [-0.25, -0.2) is 0 Å². The standard InChI is InChI=1S/C13H22N2OS/c1-11(9-13-3-2-7-16-13)14-5-4-12-10-17-8-6-15-12/h2-3,7,11-12,14-15H,4-6,8-10H2,1H3. The molecular formula is C13H22N2OS. The minimum absolute atomic E-state index is 0.484. The van der Waals surface area contributed by atoms with Crippen LogP contribution in [0.3, 0.4) is 0 Å². The zero-order valence-corrected chi connectivity index (χ0v) is 11.3. The molecule has 0 radical (unpaired) electrons. The van der Waals surface area contributed by atoms with Crippen LogP contribution >= 0.6 is 11.8 Å². The molecule has 0 amide bonds. The molecule has 4 heteroatoms. The molecule has 0 aromatic carbocycles. The molecule has 1 aromatic heterocycles. The van der Waals surface area contributed by atoms with Gasteiger partial charge in [0, 0.05) is 36.6 Å². The molecule has 1 fully saturated rings. The third kappa shape index (κ3) is 4.74. The fraction of sp³-hybridized carbons (Fsp3) is 0.692. The highest BCUT2D eigenvalue weighted by molar-refractivity contribution is 7.99. The van der Waals surface area contributed by atoms with E-state index >= 15 is 0 Å². The molecule has 3 nitrogen and oxygen atoms in total. The van der Waals surface area contributed by atoms with Crippen molar-refractivity contribution in [2.75, 3.05) is 24.6 Å². The van der Waals surface area contributed by atoms with Gasteiger partial charge in [-0.3, -0.25) is 0 Å². The lowest BCUT2D eigenvalue weighted by molar-refractivity contribution is 0.437. The molecule has 1 aromatic rings. The number of rotatable bonds is 6. The summed E-state index contributed by atoms with van der Waals surface area (Å²) in [6, 6.07) is 5.16. The molecular weight excluding hydrogens is 232 g/mol. The topological polar surface area (TPSA) is 37.2 Å². The van der Waals surface area contributed by atoms with E-state index in [1.54, 1.807) is 6.26 Å². The van der Waals surface area contributed by atoms with Gasteiger partial charge in [0.25, 0.3) is 0 Å². The second kappa shape index (κ2) is 7.09. The van der Waals surface area contributed by atoms with Crippen molar-refractivity contribution in [3.63, 3.8) is 0 Å². The highest BCUT2D eigenvalue weighted by atomic mass is 32.2. The molecule has 1 aliphatic rings. The van der Waals surface area contributed by atoms with Crippen molar-refractivity contribution in [1.82, 2.24) is 10.6 Å². The average Bonchev–Trinajstić information content (AvgIpc) is 2.83. The molecule has 96 valence electrons. The Balaban J connectivity index is 1.58.